The van der Waals surface area contributed by atoms with Crippen LogP contribution in [0.25, 0.3) is 0 Å². The number of rotatable bonds is 1. The summed E-state index contributed by atoms with van der Waals surface area (Å²) >= 11 is 0. The largest absolute Gasteiger partial charge is 0.482 e. The maximum Gasteiger partial charge on any atom is 0.482 e. The summed E-state index contributed by atoms with van der Waals surface area (Å²) < 4.78 is 0. The van der Waals surface area contributed by atoms with Gasteiger partial charge in [-0.15, -0.1) is 0 Å². The molecule has 1 aromatic carbocycles. The number of carbonyl (C=O) groups excluding carboxylic acids is 1. The van der Waals surface area contributed by atoms with Gasteiger partial charge in [-0.2, -0.15) is 0 Å². The molecular formula is C8H10BO3. The Kier molecular flexibility index (Phi) is 5.96. The van der Waals surface area contributed by atoms with Gasteiger partial charge in [-0.3, -0.25) is 4.79 Å². The third kappa shape index (κ3) is 4.65. The molecule has 1 aromatic rings. The summed E-state index contributed by atoms with van der Waals surface area (Å²) in [7, 11) is 0. The summed E-state index contributed by atoms with van der Waals surface area (Å²) in [4.78, 5) is 10.6. The molecule has 3 nitrogen and oxygen atoms in total. The first-order valence-corrected chi connectivity index (χ1v) is 3.38. The van der Waals surface area contributed by atoms with Crippen molar-refractivity contribution in [1.82, 2.24) is 0 Å². The molecule has 0 bridgehead atoms. The molecule has 0 saturated carbocycles. The summed E-state index contributed by atoms with van der Waals surface area (Å²) in [5.41, 5.74) is 0.775. The second-order valence-corrected chi connectivity index (χ2v) is 2.04. The maximum absolute atomic E-state index is 10.6. The molecule has 0 saturated heterocycles. The smallest absolute Gasteiger partial charge is 0.429 e. The average molecular weight is 165 g/mol. The molecule has 0 unspecified atom stereocenters. The lowest BCUT2D eigenvalue weighted by Crippen LogP contribution is -1.88. The molecule has 0 fully saturated rings. The highest BCUT2D eigenvalue weighted by Gasteiger charge is 1.92. The first-order valence-electron chi connectivity index (χ1n) is 3.38. The Balaban J connectivity index is 0.000000354. The lowest BCUT2D eigenvalue weighted by atomic mass is 10.2. The van der Waals surface area contributed by atoms with Crippen molar-refractivity contribution in [2.45, 2.75) is 6.92 Å². The van der Waals surface area contributed by atoms with E-state index in [1.807, 2.05) is 30.3 Å². The molecule has 12 heavy (non-hydrogen) atoms. The number of benzene rings is 1. The van der Waals surface area contributed by atoms with E-state index < -0.39 is 0 Å². The van der Waals surface area contributed by atoms with Crippen molar-refractivity contribution >= 4 is 13.5 Å². The van der Waals surface area contributed by atoms with Gasteiger partial charge in [0.25, 0.3) is 0 Å². The molecule has 4 heteroatoms. The molecule has 63 valence electrons. The molecule has 0 amide bonds. The van der Waals surface area contributed by atoms with Gasteiger partial charge in [-0.25, -0.2) is 0 Å². The Morgan fingerprint density at radius 2 is 1.67 bits per heavy atom. The second-order valence-electron chi connectivity index (χ2n) is 2.04. The first kappa shape index (κ1) is 10.9. The Morgan fingerprint density at radius 3 is 1.92 bits per heavy atom. The molecule has 0 spiro atoms. The highest BCUT2D eigenvalue weighted by molar-refractivity contribution is 6.13. The summed E-state index contributed by atoms with van der Waals surface area (Å²) in [6, 6.07) is 9.23. The summed E-state index contributed by atoms with van der Waals surface area (Å²) in [6.07, 6.45) is 0. The van der Waals surface area contributed by atoms with Crippen LogP contribution in [0.15, 0.2) is 30.3 Å². The normalized spacial score (nSPS) is 7.92. The van der Waals surface area contributed by atoms with Crippen LogP contribution in [0.4, 0.5) is 0 Å². The molecule has 0 heterocycles. The van der Waals surface area contributed by atoms with Gasteiger partial charge in [-0.1, -0.05) is 30.3 Å². The lowest BCUT2D eigenvalue weighted by molar-refractivity contribution is 0.101. The third-order valence-corrected chi connectivity index (χ3v) is 1.18. The zero-order valence-corrected chi connectivity index (χ0v) is 6.77. The minimum atomic E-state index is 0. The van der Waals surface area contributed by atoms with Gasteiger partial charge in [0.1, 0.15) is 0 Å². The fourth-order valence-electron chi connectivity index (χ4n) is 0.673. The molecule has 0 atom stereocenters. The Morgan fingerprint density at radius 1 is 1.25 bits per heavy atom. The van der Waals surface area contributed by atoms with E-state index in [9.17, 15) is 4.79 Å². The second kappa shape index (κ2) is 6.58. The molecule has 1 radical (unpaired) electrons. The highest BCUT2D eigenvalue weighted by Crippen LogP contribution is 1.97. The molecule has 0 aliphatic rings. The van der Waals surface area contributed by atoms with Crippen molar-refractivity contribution in [2.75, 3.05) is 0 Å². The Labute approximate surface area is 72.0 Å². The predicted octanol–water partition coefficient (Wildman–Crippen LogP) is 0.394. The number of hydrogen-bond donors (Lipinski definition) is 2. The SMILES string of the molecule is CC(=O)c1ccccc1.O[B]O. The third-order valence-electron chi connectivity index (χ3n) is 1.18. The number of ketones is 1. The van der Waals surface area contributed by atoms with E-state index >= 15 is 0 Å². The Hall–Kier alpha value is -1.13. The standard InChI is InChI=1S/C8H8O.BH2O2/c1-7(9)8-5-3-2-4-6-8;2-1-3/h2-6H,1H3;2-3H. The Bertz CT molecular complexity index is 223. The fraction of sp³-hybridized carbons (Fsp3) is 0.125. The van der Waals surface area contributed by atoms with Crippen molar-refractivity contribution < 1.29 is 14.8 Å². The topological polar surface area (TPSA) is 57.5 Å². The van der Waals surface area contributed by atoms with Gasteiger partial charge in [0, 0.05) is 5.56 Å². The van der Waals surface area contributed by atoms with Gasteiger partial charge < -0.3 is 10.0 Å². The lowest BCUT2D eigenvalue weighted by Gasteiger charge is -1.89. The van der Waals surface area contributed by atoms with Crippen LogP contribution in [0.2, 0.25) is 0 Å². The van der Waals surface area contributed by atoms with Crippen LogP contribution in [0.3, 0.4) is 0 Å². The van der Waals surface area contributed by atoms with Gasteiger partial charge in [0.15, 0.2) is 5.78 Å². The van der Waals surface area contributed by atoms with Crippen molar-refractivity contribution in [3.8, 4) is 0 Å². The molecular weight excluding hydrogens is 155 g/mol. The number of hydrogen-bond acceptors (Lipinski definition) is 3. The molecule has 0 aliphatic carbocycles. The number of carbonyl (C=O) groups is 1. The van der Waals surface area contributed by atoms with E-state index in [1.165, 1.54) is 0 Å². The van der Waals surface area contributed by atoms with E-state index in [1.54, 1.807) is 6.92 Å². The van der Waals surface area contributed by atoms with Crippen LogP contribution in [-0.2, 0) is 0 Å². The fourth-order valence-corrected chi connectivity index (χ4v) is 0.673. The van der Waals surface area contributed by atoms with E-state index in [0.29, 0.717) is 0 Å². The van der Waals surface area contributed by atoms with Crippen molar-refractivity contribution in [1.29, 1.82) is 0 Å². The van der Waals surface area contributed by atoms with Crippen LogP contribution in [0, 0.1) is 0 Å². The van der Waals surface area contributed by atoms with Crippen LogP contribution < -0.4 is 0 Å². The molecule has 2 N–H and O–H groups in total. The molecule has 0 aromatic heterocycles. The minimum Gasteiger partial charge on any atom is -0.429 e. The van der Waals surface area contributed by atoms with Gasteiger partial charge >= 0.3 is 7.69 Å². The van der Waals surface area contributed by atoms with E-state index in [-0.39, 0.29) is 13.5 Å². The summed E-state index contributed by atoms with van der Waals surface area (Å²) in [5, 5.41) is 14.0. The van der Waals surface area contributed by atoms with Crippen LogP contribution in [-0.4, -0.2) is 23.5 Å². The number of Topliss-reactive ketones (excluding diaryl/α,β-unsaturated/α-hetero) is 1. The van der Waals surface area contributed by atoms with Crippen LogP contribution in [0.1, 0.15) is 17.3 Å². The van der Waals surface area contributed by atoms with Gasteiger partial charge in [0.05, 0.1) is 0 Å². The van der Waals surface area contributed by atoms with E-state index in [0.717, 1.165) is 5.56 Å². The summed E-state index contributed by atoms with van der Waals surface area (Å²) in [6.45, 7) is 1.56. The van der Waals surface area contributed by atoms with E-state index in [4.69, 9.17) is 10.0 Å². The van der Waals surface area contributed by atoms with Crippen molar-refractivity contribution in [2.24, 2.45) is 0 Å². The highest BCUT2D eigenvalue weighted by atomic mass is 16.4. The quantitative estimate of drug-likeness (QED) is 0.467. The first-order chi connectivity index (χ1) is 5.72. The van der Waals surface area contributed by atoms with Crippen molar-refractivity contribution in [3.05, 3.63) is 35.9 Å². The zero-order valence-electron chi connectivity index (χ0n) is 6.77. The predicted molar refractivity (Wildman–Crippen MR) is 46.6 cm³/mol. The minimum absolute atomic E-state index is 0. The molecule has 0 aliphatic heterocycles. The zero-order chi connectivity index (χ0) is 9.40. The monoisotopic (exact) mass is 165 g/mol. The van der Waals surface area contributed by atoms with Gasteiger partial charge in [0.2, 0.25) is 0 Å². The summed E-state index contributed by atoms with van der Waals surface area (Å²) in [5.74, 6) is 0.121. The van der Waals surface area contributed by atoms with Crippen LogP contribution >= 0.6 is 0 Å². The maximum atomic E-state index is 10.6. The van der Waals surface area contributed by atoms with Gasteiger partial charge in [-0.05, 0) is 6.92 Å². The van der Waals surface area contributed by atoms with Crippen LogP contribution in [0.5, 0.6) is 0 Å². The average Bonchev–Trinajstić information content (AvgIpc) is 2.07. The molecule has 1 rings (SSSR count). The van der Waals surface area contributed by atoms with E-state index in [2.05, 4.69) is 0 Å². The van der Waals surface area contributed by atoms with Crippen molar-refractivity contribution in [3.63, 3.8) is 0 Å².